The number of carbonyl (C=O) groups is 1. The molecule has 3 heteroatoms. The molecule has 1 amide bonds. The van der Waals surface area contributed by atoms with E-state index in [0.717, 1.165) is 25.1 Å². The Bertz CT molecular complexity index is 725. The first-order valence-electron chi connectivity index (χ1n) is 7.97. The van der Waals surface area contributed by atoms with Crippen molar-refractivity contribution < 1.29 is 4.79 Å². The van der Waals surface area contributed by atoms with Gasteiger partial charge < -0.3 is 9.80 Å². The lowest BCUT2D eigenvalue weighted by Gasteiger charge is -2.27. The van der Waals surface area contributed by atoms with Gasteiger partial charge >= 0.3 is 0 Å². The van der Waals surface area contributed by atoms with Crippen LogP contribution >= 0.6 is 0 Å². The van der Waals surface area contributed by atoms with E-state index in [9.17, 15) is 4.79 Å². The second-order valence-electron chi connectivity index (χ2n) is 6.23. The topological polar surface area (TPSA) is 23.6 Å². The van der Waals surface area contributed by atoms with Gasteiger partial charge in [-0.25, -0.2) is 0 Å². The van der Waals surface area contributed by atoms with Crippen LogP contribution < -0.4 is 9.80 Å². The first kappa shape index (κ1) is 13.4. The summed E-state index contributed by atoms with van der Waals surface area (Å²) in [4.78, 5) is 17.0. The SMILES string of the molecule is C[C@@H]1Cc2ccccc2N1CC(=O)N1CCc2ccccc21. The standard InChI is InChI=1S/C19H20N2O/c1-14-12-16-7-3-5-9-18(16)21(14)13-19(22)20-11-10-15-6-2-4-8-17(15)20/h2-9,14H,10-13H2,1H3/t14-/m1/s1. The summed E-state index contributed by atoms with van der Waals surface area (Å²) < 4.78 is 0. The smallest absolute Gasteiger partial charge is 0.246 e. The van der Waals surface area contributed by atoms with Crippen LogP contribution in [-0.2, 0) is 17.6 Å². The van der Waals surface area contributed by atoms with Crippen LogP contribution in [0.5, 0.6) is 0 Å². The molecule has 0 saturated carbocycles. The molecule has 0 N–H and O–H groups in total. The van der Waals surface area contributed by atoms with Crippen molar-refractivity contribution in [3.05, 3.63) is 59.7 Å². The number of fused-ring (bicyclic) bond motifs is 2. The molecule has 22 heavy (non-hydrogen) atoms. The molecule has 2 aliphatic rings. The summed E-state index contributed by atoms with van der Waals surface area (Å²) in [5, 5.41) is 0. The summed E-state index contributed by atoms with van der Waals surface area (Å²) in [7, 11) is 0. The fourth-order valence-corrected chi connectivity index (χ4v) is 3.70. The van der Waals surface area contributed by atoms with E-state index in [1.54, 1.807) is 0 Å². The fourth-order valence-electron chi connectivity index (χ4n) is 3.70. The lowest BCUT2D eigenvalue weighted by Crippen LogP contribution is -2.42. The fraction of sp³-hybridized carbons (Fsp3) is 0.316. The number of amides is 1. The Labute approximate surface area is 131 Å². The minimum atomic E-state index is 0.202. The summed E-state index contributed by atoms with van der Waals surface area (Å²) in [6.07, 6.45) is 1.99. The van der Waals surface area contributed by atoms with Crippen LogP contribution in [0, 0.1) is 0 Å². The zero-order chi connectivity index (χ0) is 15.1. The van der Waals surface area contributed by atoms with E-state index >= 15 is 0 Å². The number of para-hydroxylation sites is 2. The molecular weight excluding hydrogens is 272 g/mol. The number of nitrogens with zero attached hydrogens (tertiary/aromatic N) is 2. The molecule has 4 rings (SSSR count). The zero-order valence-corrected chi connectivity index (χ0v) is 12.8. The molecule has 2 heterocycles. The zero-order valence-electron chi connectivity index (χ0n) is 12.8. The largest absolute Gasteiger partial charge is 0.359 e. The van der Waals surface area contributed by atoms with Gasteiger partial charge in [0.25, 0.3) is 0 Å². The highest BCUT2D eigenvalue weighted by Gasteiger charge is 2.30. The van der Waals surface area contributed by atoms with Gasteiger partial charge in [-0.15, -0.1) is 0 Å². The summed E-state index contributed by atoms with van der Waals surface area (Å²) in [5.74, 6) is 0.202. The number of rotatable bonds is 2. The first-order chi connectivity index (χ1) is 10.7. The Morgan fingerprint density at radius 2 is 1.73 bits per heavy atom. The van der Waals surface area contributed by atoms with Gasteiger partial charge in [0.05, 0.1) is 6.54 Å². The normalized spacial score (nSPS) is 19.2. The Morgan fingerprint density at radius 3 is 2.55 bits per heavy atom. The van der Waals surface area contributed by atoms with Crippen molar-refractivity contribution in [2.24, 2.45) is 0 Å². The molecule has 2 aromatic carbocycles. The quantitative estimate of drug-likeness (QED) is 0.849. The summed E-state index contributed by atoms with van der Waals surface area (Å²) in [5.41, 5.74) is 4.94. The minimum Gasteiger partial charge on any atom is -0.359 e. The highest BCUT2D eigenvalue weighted by molar-refractivity contribution is 5.98. The molecule has 3 nitrogen and oxygen atoms in total. The average Bonchev–Trinajstić information content (AvgIpc) is 3.09. The number of carbonyl (C=O) groups excluding carboxylic acids is 1. The molecule has 112 valence electrons. The van der Waals surface area contributed by atoms with E-state index in [1.807, 2.05) is 17.0 Å². The van der Waals surface area contributed by atoms with Crippen LogP contribution in [0.25, 0.3) is 0 Å². The van der Waals surface area contributed by atoms with Gasteiger partial charge in [-0.2, -0.15) is 0 Å². The number of hydrogen-bond donors (Lipinski definition) is 0. The van der Waals surface area contributed by atoms with Crippen molar-refractivity contribution in [1.29, 1.82) is 0 Å². The van der Waals surface area contributed by atoms with Crippen LogP contribution in [0.1, 0.15) is 18.1 Å². The molecule has 0 saturated heterocycles. The molecule has 2 aromatic rings. The van der Waals surface area contributed by atoms with E-state index in [1.165, 1.54) is 16.8 Å². The maximum Gasteiger partial charge on any atom is 0.246 e. The van der Waals surface area contributed by atoms with Crippen molar-refractivity contribution >= 4 is 17.3 Å². The minimum absolute atomic E-state index is 0.202. The number of benzene rings is 2. The summed E-state index contributed by atoms with van der Waals surface area (Å²) in [6, 6.07) is 17.1. The van der Waals surface area contributed by atoms with Crippen LogP contribution in [0.2, 0.25) is 0 Å². The Balaban J connectivity index is 1.56. The van der Waals surface area contributed by atoms with Gasteiger partial charge in [0.1, 0.15) is 0 Å². The number of hydrogen-bond acceptors (Lipinski definition) is 2. The van der Waals surface area contributed by atoms with Gasteiger partial charge in [0.15, 0.2) is 0 Å². The predicted octanol–water partition coefficient (Wildman–Crippen LogP) is 3.03. The van der Waals surface area contributed by atoms with Crippen LogP contribution in [0.4, 0.5) is 11.4 Å². The molecule has 1 atom stereocenters. The molecule has 2 aliphatic heterocycles. The molecule has 0 bridgehead atoms. The second-order valence-corrected chi connectivity index (χ2v) is 6.23. The van der Waals surface area contributed by atoms with Crippen molar-refractivity contribution in [2.75, 3.05) is 22.9 Å². The first-order valence-corrected chi connectivity index (χ1v) is 7.97. The molecule has 0 unspecified atom stereocenters. The molecule has 0 aromatic heterocycles. The summed E-state index contributed by atoms with van der Waals surface area (Å²) >= 11 is 0. The van der Waals surface area contributed by atoms with Gasteiger partial charge in [-0.1, -0.05) is 36.4 Å². The Morgan fingerprint density at radius 1 is 1.05 bits per heavy atom. The van der Waals surface area contributed by atoms with Crippen molar-refractivity contribution in [1.82, 2.24) is 0 Å². The molecule has 0 spiro atoms. The molecular formula is C19H20N2O. The number of anilines is 2. The predicted molar refractivity (Wildman–Crippen MR) is 89.5 cm³/mol. The second kappa shape index (κ2) is 5.16. The van der Waals surface area contributed by atoms with Crippen LogP contribution in [-0.4, -0.2) is 25.0 Å². The van der Waals surface area contributed by atoms with E-state index in [0.29, 0.717) is 12.6 Å². The maximum absolute atomic E-state index is 12.8. The van der Waals surface area contributed by atoms with Crippen molar-refractivity contribution in [2.45, 2.75) is 25.8 Å². The van der Waals surface area contributed by atoms with Crippen LogP contribution in [0.15, 0.2) is 48.5 Å². The van der Waals surface area contributed by atoms with Crippen molar-refractivity contribution in [3.8, 4) is 0 Å². The Hall–Kier alpha value is -2.29. The van der Waals surface area contributed by atoms with Gasteiger partial charge in [0.2, 0.25) is 5.91 Å². The third-order valence-corrected chi connectivity index (χ3v) is 4.84. The van der Waals surface area contributed by atoms with Gasteiger partial charge in [0, 0.05) is 24.0 Å². The average molecular weight is 292 g/mol. The highest BCUT2D eigenvalue weighted by atomic mass is 16.2. The molecule has 0 fully saturated rings. The maximum atomic E-state index is 12.8. The van der Waals surface area contributed by atoms with Crippen LogP contribution in [0.3, 0.4) is 0 Å². The highest BCUT2D eigenvalue weighted by Crippen LogP contribution is 2.33. The summed E-state index contributed by atoms with van der Waals surface area (Å²) in [6.45, 7) is 3.47. The Kier molecular flexibility index (Phi) is 3.14. The van der Waals surface area contributed by atoms with Gasteiger partial charge in [-0.3, -0.25) is 4.79 Å². The molecule has 0 aliphatic carbocycles. The third-order valence-electron chi connectivity index (χ3n) is 4.84. The van der Waals surface area contributed by atoms with E-state index in [2.05, 4.69) is 48.2 Å². The lowest BCUT2D eigenvalue weighted by molar-refractivity contribution is -0.117. The van der Waals surface area contributed by atoms with E-state index < -0.39 is 0 Å². The monoisotopic (exact) mass is 292 g/mol. The van der Waals surface area contributed by atoms with E-state index in [4.69, 9.17) is 0 Å². The third kappa shape index (κ3) is 2.08. The molecule has 0 radical (unpaired) electrons. The van der Waals surface area contributed by atoms with Crippen molar-refractivity contribution in [3.63, 3.8) is 0 Å². The lowest BCUT2D eigenvalue weighted by atomic mass is 10.1. The van der Waals surface area contributed by atoms with Gasteiger partial charge in [-0.05, 0) is 43.0 Å². The van der Waals surface area contributed by atoms with E-state index in [-0.39, 0.29) is 5.91 Å².